The molecule has 1 heterocycles. The Balaban J connectivity index is 1.92. The second kappa shape index (κ2) is 5.62. The largest absolute Gasteiger partial charge is 0.486 e. The highest BCUT2D eigenvalue weighted by Gasteiger charge is 2.40. The van der Waals surface area contributed by atoms with Crippen LogP contribution in [0.15, 0.2) is 18.2 Å². The molecule has 20 heavy (non-hydrogen) atoms. The molecule has 1 atom stereocenters. The highest BCUT2D eigenvalue weighted by Crippen LogP contribution is 2.50. The fourth-order valence-electron chi connectivity index (χ4n) is 3.79. The van der Waals surface area contributed by atoms with Crippen LogP contribution in [0.5, 0.6) is 11.5 Å². The first kappa shape index (κ1) is 13.7. The lowest BCUT2D eigenvalue weighted by Crippen LogP contribution is -2.40. The lowest BCUT2D eigenvalue weighted by Gasteiger charge is -2.37. The predicted octanol–water partition coefficient (Wildman–Crippen LogP) is 2.93. The molecule has 3 rings (SSSR count). The van der Waals surface area contributed by atoms with E-state index < -0.39 is 0 Å². The van der Waals surface area contributed by atoms with Crippen LogP contribution in [0, 0.1) is 5.41 Å². The van der Waals surface area contributed by atoms with Crippen molar-refractivity contribution in [2.24, 2.45) is 11.3 Å². The summed E-state index contributed by atoms with van der Waals surface area (Å²) in [7, 11) is 0. The molecule has 2 aliphatic rings. The Morgan fingerprint density at radius 1 is 1.20 bits per heavy atom. The number of hydrogen-bond donors (Lipinski definition) is 2. The van der Waals surface area contributed by atoms with Gasteiger partial charge in [0.2, 0.25) is 0 Å². The van der Waals surface area contributed by atoms with Crippen molar-refractivity contribution in [3.8, 4) is 11.5 Å². The maximum Gasteiger partial charge on any atom is 0.161 e. The molecular formula is C16H24N2O2. The summed E-state index contributed by atoms with van der Waals surface area (Å²) in [5.41, 5.74) is 4.55. The smallest absolute Gasteiger partial charge is 0.161 e. The molecule has 3 N–H and O–H groups in total. The predicted molar refractivity (Wildman–Crippen MR) is 78.7 cm³/mol. The van der Waals surface area contributed by atoms with Crippen molar-refractivity contribution in [3.63, 3.8) is 0 Å². The van der Waals surface area contributed by atoms with Gasteiger partial charge in [0.05, 0.1) is 6.04 Å². The number of rotatable bonds is 4. The molecule has 0 aromatic heterocycles. The molecule has 110 valence electrons. The minimum atomic E-state index is 0.186. The summed E-state index contributed by atoms with van der Waals surface area (Å²) in [5.74, 6) is 7.59. The van der Waals surface area contributed by atoms with Crippen LogP contribution in [0.25, 0.3) is 0 Å². The number of hydrazine groups is 1. The van der Waals surface area contributed by atoms with Gasteiger partial charge in [0.25, 0.3) is 0 Å². The van der Waals surface area contributed by atoms with Crippen LogP contribution in [0.1, 0.15) is 50.6 Å². The number of hydrogen-bond acceptors (Lipinski definition) is 4. The second-order valence-electron chi connectivity index (χ2n) is 5.93. The number of nitrogens with one attached hydrogen (secondary N) is 1. The summed E-state index contributed by atoms with van der Waals surface area (Å²) < 4.78 is 11.3. The molecule has 4 heteroatoms. The third kappa shape index (κ3) is 2.27. The lowest BCUT2D eigenvalue weighted by molar-refractivity contribution is 0.168. The fraction of sp³-hybridized carbons (Fsp3) is 0.625. The Hall–Kier alpha value is -1.26. The lowest BCUT2D eigenvalue weighted by atomic mass is 9.73. The fourth-order valence-corrected chi connectivity index (χ4v) is 3.79. The van der Waals surface area contributed by atoms with Crippen molar-refractivity contribution in [3.05, 3.63) is 23.8 Å². The second-order valence-corrected chi connectivity index (χ2v) is 5.93. The average molecular weight is 276 g/mol. The van der Waals surface area contributed by atoms with E-state index in [1.807, 2.05) is 6.07 Å². The van der Waals surface area contributed by atoms with Gasteiger partial charge in [-0.25, -0.2) is 0 Å². The maximum atomic E-state index is 5.90. The van der Waals surface area contributed by atoms with E-state index >= 15 is 0 Å². The summed E-state index contributed by atoms with van der Waals surface area (Å²) in [4.78, 5) is 0. The van der Waals surface area contributed by atoms with E-state index in [2.05, 4.69) is 24.5 Å². The monoisotopic (exact) mass is 276 g/mol. The maximum absolute atomic E-state index is 5.90. The van der Waals surface area contributed by atoms with Gasteiger partial charge in [-0.15, -0.1) is 0 Å². The minimum absolute atomic E-state index is 0.186. The van der Waals surface area contributed by atoms with Gasteiger partial charge >= 0.3 is 0 Å². The van der Waals surface area contributed by atoms with Crippen molar-refractivity contribution in [1.29, 1.82) is 0 Å². The Bertz CT molecular complexity index is 470. The first-order valence-corrected chi connectivity index (χ1v) is 7.65. The normalized spacial score (nSPS) is 21.7. The molecule has 0 saturated heterocycles. The zero-order valence-electron chi connectivity index (χ0n) is 12.2. The minimum Gasteiger partial charge on any atom is -0.486 e. The van der Waals surface area contributed by atoms with Gasteiger partial charge in [-0.2, -0.15) is 0 Å². The Morgan fingerprint density at radius 3 is 2.55 bits per heavy atom. The molecule has 4 nitrogen and oxygen atoms in total. The zero-order valence-corrected chi connectivity index (χ0v) is 12.2. The van der Waals surface area contributed by atoms with Crippen LogP contribution in [0.2, 0.25) is 0 Å². The van der Waals surface area contributed by atoms with E-state index in [1.165, 1.54) is 31.2 Å². The highest BCUT2D eigenvalue weighted by atomic mass is 16.6. The topological polar surface area (TPSA) is 56.5 Å². The molecule has 1 saturated carbocycles. The van der Waals surface area contributed by atoms with Crippen LogP contribution >= 0.6 is 0 Å². The van der Waals surface area contributed by atoms with Gasteiger partial charge in [-0.1, -0.05) is 25.8 Å². The molecule has 0 spiro atoms. The van der Waals surface area contributed by atoms with Gasteiger partial charge in [0.1, 0.15) is 13.2 Å². The van der Waals surface area contributed by atoms with Crippen molar-refractivity contribution in [1.82, 2.24) is 5.43 Å². The van der Waals surface area contributed by atoms with Crippen LogP contribution in [0.4, 0.5) is 0 Å². The van der Waals surface area contributed by atoms with Crippen LogP contribution in [-0.4, -0.2) is 13.2 Å². The zero-order chi connectivity index (χ0) is 14.0. The summed E-state index contributed by atoms with van der Waals surface area (Å²) in [6, 6.07) is 6.40. The molecule has 1 unspecified atom stereocenters. The molecule has 1 fully saturated rings. The van der Waals surface area contributed by atoms with Crippen LogP contribution in [0.3, 0.4) is 0 Å². The first-order valence-electron chi connectivity index (χ1n) is 7.65. The molecule has 1 aromatic carbocycles. The quantitative estimate of drug-likeness (QED) is 0.656. The molecular weight excluding hydrogens is 252 g/mol. The first-order chi connectivity index (χ1) is 9.79. The number of benzene rings is 1. The molecule has 0 bridgehead atoms. The van der Waals surface area contributed by atoms with Crippen molar-refractivity contribution < 1.29 is 9.47 Å². The van der Waals surface area contributed by atoms with E-state index in [9.17, 15) is 0 Å². The SMILES string of the molecule is CCC1(C(NN)c2ccc3c(c2)OCCO3)CCCC1. The Kier molecular flexibility index (Phi) is 3.85. The average Bonchev–Trinajstić information content (AvgIpc) is 2.98. The molecule has 0 amide bonds. The van der Waals surface area contributed by atoms with Crippen LogP contribution in [-0.2, 0) is 0 Å². The molecule has 1 aromatic rings. The Labute approximate surface area is 120 Å². The van der Waals surface area contributed by atoms with E-state index in [-0.39, 0.29) is 11.5 Å². The molecule has 1 aliphatic heterocycles. The van der Waals surface area contributed by atoms with Crippen molar-refractivity contribution in [2.45, 2.75) is 45.1 Å². The Morgan fingerprint density at radius 2 is 1.90 bits per heavy atom. The van der Waals surface area contributed by atoms with E-state index in [0.29, 0.717) is 13.2 Å². The van der Waals surface area contributed by atoms with E-state index in [0.717, 1.165) is 17.9 Å². The third-order valence-corrected chi connectivity index (χ3v) is 4.98. The van der Waals surface area contributed by atoms with Crippen molar-refractivity contribution >= 4 is 0 Å². The van der Waals surface area contributed by atoms with Gasteiger partial charge < -0.3 is 9.47 Å². The highest BCUT2D eigenvalue weighted by molar-refractivity contribution is 5.45. The van der Waals surface area contributed by atoms with Gasteiger partial charge in [-0.05, 0) is 42.4 Å². The summed E-state index contributed by atoms with van der Waals surface area (Å²) in [6.45, 7) is 3.52. The van der Waals surface area contributed by atoms with Crippen molar-refractivity contribution in [2.75, 3.05) is 13.2 Å². The number of fused-ring (bicyclic) bond motifs is 1. The summed E-state index contributed by atoms with van der Waals surface area (Å²) in [5, 5.41) is 0. The number of nitrogens with two attached hydrogens (primary N) is 1. The van der Waals surface area contributed by atoms with Gasteiger partial charge in [-0.3, -0.25) is 11.3 Å². The molecule has 0 radical (unpaired) electrons. The summed E-state index contributed by atoms with van der Waals surface area (Å²) in [6.07, 6.45) is 6.24. The standard InChI is InChI=1S/C16H24N2O2/c1-2-16(7-3-4-8-16)15(18-17)12-5-6-13-14(11-12)20-10-9-19-13/h5-6,11,15,18H,2-4,7-10,17H2,1H3. The van der Waals surface area contributed by atoms with Gasteiger partial charge in [0, 0.05) is 0 Å². The molecule has 1 aliphatic carbocycles. The number of ether oxygens (including phenoxy) is 2. The van der Waals surface area contributed by atoms with Crippen LogP contribution < -0.4 is 20.7 Å². The summed E-state index contributed by atoms with van der Waals surface area (Å²) >= 11 is 0. The third-order valence-electron chi connectivity index (χ3n) is 4.98. The van der Waals surface area contributed by atoms with E-state index in [4.69, 9.17) is 15.3 Å². The van der Waals surface area contributed by atoms with E-state index in [1.54, 1.807) is 0 Å². The van der Waals surface area contributed by atoms with Gasteiger partial charge in [0.15, 0.2) is 11.5 Å².